The highest BCUT2D eigenvalue weighted by Crippen LogP contribution is 2.24. The monoisotopic (exact) mass is 272 g/mol. The molecule has 2 aromatic rings. The van der Waals surface area contributed by atoms with Gasteiger partial charge < -0.3 is 4.74 Å². The topological polar surface area (TPSA) is 82.3 Å². The lowest BCUT2D eigenvalue weighted by Gasteiger charge is -2.00. The summed E-state index contributed by atoms with van der Waals surface area (Å²) in [6.07, 6.45) is 4.33. The van der Waals surface area contributed by atoms with Crippen molar-refractivity contribution < 1.29 is 14.5 Å². The summed E-state index contributed by atoms with van der Waals surface area (Å²) < 4.78 is 4.77. The van der Waals surface area contributed by atoms with Crippen molar-refractivity contribution in [2.75, 3.05) is 6.61 Å². The van der Waals surface area contributed by atoms with Gasteiger partial charge in [0.15, 0.2) is 0 Å². The number of nitrogens with zero attached hydrogens (tertiary/aromatic N) is 2. The largest absolute Gasteiger partial charge is 0.463 e. The fourth-order valence-corrected chi connectivity index (χ4v) is 1.75. The van der Waals surface area contributed by atoms with Gasteiger partial charge in [-0.3, -0.25) is 10.1 Å². The quantitative estimate of drug-likeness (QED) is 0.370. The van der Waals surface area contributed by atoms with E-state index in [0.717, 1.165) is 0 Å². The second-order valence-corrected chi connectivity index (χ2v) is 3.96. The van der Waals surface area contributed by atoms with Crippen LogP contribution in [0.15, 0.2) is 36.5 Å². The molecular weight excluding hydrogens is 260 g/mol. The third-order valence-electron chi connectivity index (χ3n) is 2.61. The lowest BCUT2D eigenvalue weighted by molar-refractivity contribution is -0.383. The van der Waals surface area contributed by atoms with E-state index in [1.807, 2.05) is 0 Å². The van der Waals surface area contributed by atoms with E-state index in [0.29, 0.717) is 23.1 Å². The molecule has 0 spiro atoms. The van der Waals surface area contributed by atoms with Crippen LogP contribution in [0.5, 0.6) is 0 Å². The number of rotatable bonds is 4. The van der Waals surface area contributed by atoms with Crippen LogP contribution in [0.25, 0.3) is 17.0 Å². The van der Waals surface area contributed by atoms with Crippen LogP contribution >= 0.6 is 0 Å². The van der Waals surface area contributed by atoms with Crippen molar-refractivity contribution in [1.82, 2.24) is 4.98 Å². The molecule has 0 N–H and O–H groups in total. The molecule has 2 rings (SSSR count). The first kappa shape index (κ1) is 13.7. The predicted molar refractivity (Wildman–Crippen MR) is 74.1 cm³/mol. The number of benzene rings is 1. The number of nitro benzene ring substituents is 1. The number of hydrogen-bond donors (Lipinski definition) is 0. The van der Waals surface area contributed by atoms with Gasteiger partial charge in [-0.2, -0.15) is 0 Å². The fourth-order valence-electron chi connectivity index (χ4n) is 1.75. The zero-order valence-corrected chi connectivity index (χ0v) is 10.8. The molecule has 0 radical (unpaired) electrons. The molecule has 0 unspecified atom stereocenters. The summed E-state index contributed by atoms with van der Waals surface area (Å²) >= 11 is 0. The van der Waals surface area contributed by atoms with Crippen LogP contribution in [0, 0.1) is 10.1 Å². The first-order chi connectivity index (χ1) is 9.61. The van der Waals surface area contributed by atoms with Crippen LogP contribution in [-0.2, 0) is 9.53 Å². The van der Waals surface area contributed by atoms with Gasteiger partial charge in [0.2, 0.25) is 0 Å². The molecule has 0 aliphatic heterocycles. The lowest BCUT2D eigenvalue weighted by Crippen LogP contribution is -1.98. The highest BCUT2D eigenvalue weighted by atomic mass is 16.6. The van der Waals surface area contributed by atoms with Crippen LogP contribution < -0.4 is 0 Å². The number of hydrogen-bond acceptors (Lipinski definition) is 5. The van der Waals surface area contributed by atoms with Gasteiger partial charge in [-0.05, 0) is 24.6 Å². The third kappa shape index (κ3) is 2.97. The molecule has 1 heterocycles. The maximum Gasteiger partial charge on any atom is 0.330 e. The molecule has 20 heavy (non-hydrogen) atoms. The molecule has 102 valence electrons. The van der Waals surface area contributed by atoms with Crippen LogP contribution in [-0.4, -0.2) is 22.5 Å². The standard InChI is InChI=1S/C14H12N2O4/c1-2-20-13(17)7-6-10-8-11-4-3-5-12(16(18)19)14(11)15-9-10/h3-9H,2H2,1H3. The van der Waals surface area contributed by atoms with E-state index in [9.17, 15) is 14.9 Å². The number of ether oxygens (including phenoxy) is 1. The second kappa shape index (κ2) is 5.92. The number of fused-ring (bicyclic) bond motifs is 1. The molecule has 0 saturated carbocycles. The van der Waals surface area contributed by atoms with Crippen molar-refractivity contribution in [2.24, 2.45) is 0 Å². The van der Waals surface area contributed by atoms with Gasteiger partial charge in [0, 0.05) is 23.7 Å². The lowest BCUT2D eigenvalue weighted by atomic mass is 10.1. The summed E-state index contributed by atoms with van der Waals surface area (Å²) in [7, 11) is 0. The molecule has 0 saturated heterocycles. The zero-order valence-electron chi connectivity index (χ0n) is 10.8. The number of aromatic nitrogens is 1. The first-order valence-electron chi connectivity index (χ1n) is 6.00. The van der Waals surface area contributed by atoms with Gasteiger partial charge in [0.1, 0.15) is 5.52 Å². The van der Waals surface area contributed by atoms with E-state index in [-0.39, 0.29) is 5.69 Å². The number of pyridine rings is 1. The van der Waals surface area contributed by atoms with Gasteiger partial charge in [-0.15, -0.1) is 0 Å². The summed E-state index contributed by atoms with van der Waals surface area (Å²) in [5, 5.41) is 11.5. The van der Waals surface area contributed by atoms with E-state index in [1.165, 1.54) is 18.3 Å². The maximum absolute atomic E-state index is 11.2. The van der Waals surface area contributed by atoms with E-state index in [1.54, 1.807) is 31.2 Å². The molecule has 1 aromatic heterocycles. The smallest absolute Gasteiger partial charge is 0.330 e. The summed E-state index contributed by atoms with van der Waals surface area (Å²) in [6.45, 7) is 2.04. The fraction of sp³-hybridized carbons (Fsp3) is 0.143. The normalized spacial score (nSPS) is 10.8. The number of carbonyl (C=O) groups is 1. The minimum atomic E-state index is -0.469. The van der Waals surface area contributed by atoms with Crippen LogP contribution in [0.3, 0.4) is 0 Å². The molecule has 0 aliphatic carbocycles. The summed E-state index contributed by atoms with van der Waals surface area (Å²) in [4.78, 5) is 25.7. The second-order valence-electron chi connectivity index (χ2n) is 3.96. The Labute approximate surface area is 114 Å². The molecule has 0 atom stereocenters. The summed E-state index contributed by atoms with van der Waals surface area (Å²) in [5.41, 5.74) is 0.959. The highest BCUT2D eigenvalue weighted by Gasteiger charge is 2.12. The molecule has 0 fully saturated rings. The molecule has 6 heteroatoms. The number of carbonyl (C=O) groups excluding carboxylic acids is 1. The summed E-state index contributed by atoms with van der Waals surface area (Å²) in [6, 6.07) is 6.46. The predicted octanol–water partition coefficient (Wildman–Crippen LogP) is 2.72. The Morgan fingerprint density at radius 3 is 3.00 bits per heavy atom. The number of para-hydroxylation sites is 1. The molecule has 0 aliphatic rings. The first-order valence-corrected chi connectivity index (χ1v) is 6.00. The molecular formula is C14H12N2O4. The van der Waals surface area contributed by atoms with Gasteiger partial charge in [-0.1, -0.05) is 12.1 Å². The van der Waals surface area contributed by atoms with Crippen molar-refractivity contribution in [2.45, 2.75) is 6.92 Å². The highest BCUT2D eigenvalue weighted by molar-refractivity contribution is 5.90. The minimum Gasteiger partial charge on any atom is -0.463 e. The Morgan fingerprint density at radius 2 is 2.30 bits per heavy atom. The van der Waals surface area contributed by atoms with Crippen molar-refractivity contribution in [1.29, 1.82) is 0 Å². The zero-order chi connectivity index (χ0) is 14.5. The van der Waals surface area contributed by atoms with Crippen LogP contribution in [0.2, 0.25) is 0 Å². The van der Waals surface area contributed by atoms with Gasteiger partial charge in [0.05, 0.1) is 11.5 Å². The average Bonchev–Trinajstić information content (AvgIpc) is 2.44. The van der Waals surface area contributed by atoms with Crippen molar-refractivity contribution in [3.8, 4) is 0 Å². The molecule has 0 bridgehead atoms. The van der Waals surface area contributed by atoms with Crippen LogP contribution in [0.4, 0.5) is 5.69 Å². The molecule has 6 nitrogen and oxygen atoms in total. The Balaban J connectivity index is 2.35. The third-order valence-corrected chi connectivity index (χ3v) is 2.61. The van der Waals surface area contributed by atoms with Crippen molar-refractivity contribution in [3.05, 3.63) is 52.2 Å². The Hall–Kier alpha value is -2.76. The number of non-ortho nitro benzene ring substituents is 1. The molecule has 0 amide bonds. The van der Waals surface area contributed by atoms with Gasteiger partial charge in [-0.25, -0.2) is 9.78 Å². The van der Waals surface area contributed by atoms with Crippen LogP contribution in [0.1, 0.15) is 12.5 Å². The van der Waals surface area contributed by atoms with Crippen molar-refractivity contribution in [3.63, 3.8) is 0 Å². The van der Waals surface area contributed by atoms with E-state index in [2.05, 4.69) is 4.98 Å². The van der Waals surface area contributed by atoms with E-state index >= 15 is 0 Å². The minimum absolute atomic E-state index is 0.0385. The Morgan fingerprint density at radius 1 is 1.50 bits per heavy atom. The average molecular weight is 272 g/mol. The SMILES string of the molecule is CCOC(=O)C=Cc1cnc2c([N+](=O)[O-])cccc2c1. The number of nitro groups is 1. The summed E-state index contributed by atoms with van der Waals surface area (Å²) in [5.74, 6) is -0.438. The van der Waals surface area contributed by atoms with E-state index in [4.69, 9.17) is 4.74 Å². The molecule has 1 aromatic carbocycles. The Kier molecular flexibility index (Phi) is 4.05. The van der Waals surface area contributed by atoms with Crippen molar-refractivity contribution >= 4 is 28.6 Å². The Bertz CT molecular complexity index is 695. The van der Waals surface area contributed by atoms with E-state index < -0.39 is 10.9 Å². The van der Waals surface area contributed by atoms with Gasteiger partial charge in [0.25, 0.3) is 5.69 Å². The van der Waals surface area contributed by atoms with Gasteiger partial charge >= 0.3 is 5.97 Å². The number of esters is 1. The maximum atomic E-state index is 11.2.